The maximum absolute atomic E-state index is 14.2. The summed E-state index contributed by atoms with van der Waals surface area (Å²) in [5, 5.41) is 0.470. The third-order valence-corrected chi connectivity index (χ3v) is 3.69. The van der Waals surface area contributed by atoms with Gasteiger partial charge in [0.15, 0.2) is 0 Å². The van der Waals surface area contributed by atoms with E-state index in [0.29, 0.717) is 16.5 Å². The summed E-state index contributed by atoms with van der Waals surface area (Å²) in [6.45, 7) is 1.96. The standard InChI is InChI=1S/C15H11Cl2FN2/c1-9-3-2-4-12-15(9)20(14(8-16)19-12)13-7-10(17)5-6-11(13)18/h2-7H,8H2,1H3. The van der Waals surface area contributed by atoms with Crippen LogP contribution in [-0.2, 0) is 5.88 Å². The second kappa shape index (κ2) is 5.08. The van der Waals surface area contributed by atoms with Gasteiger partial charge in [-0.05, 0) is 36.8 Å². The summed E-state index contributed by atoms with van der Waals surface area (Å²) >= 11 is 11.9. The predicted octanol–water partition coefficient (Wildman–Crippen LogP) is 4.87. The molecule has 0 saturated carbocycles. The van der Waals surface area contributed by atoms with Crippen molar-refractivity contribution in [2.45, 2.75) is 12.8 Å². The lowest BCUT2D eigenvalue weighted by Gasteiger charge is -2.10. The zero-order chi connectivity index (χ0) is 14.3. The minimum atomic E-state index is -0.358. The highest BCUT2D eigenvalue weighted by Crippen LogP contribution is 2.28. The molecule has 3 rings (SSSR count). The summed E-state index contributed by atoms with van der Waals surface area (Å²) in [6, 6.07) is 10.2. The van der Waals surface area contributed by atoms with Gasteiger partial charge in [0.2, 0.25) is 0 Å². The highest BCUT2D eigenvalue weighted by atomic mass is 35.5. The third kappa shape index (κ3) is 2.07. The molecule has 1 heterocycles. The lowest BCUT2D eigenvalue weighted by Crippen LogP contribution is -2.03. The van der Waals surface area contributed by atoms with Crippen molar-refractivity contribution < 1.29 is 4.39 Å². The number of fused-ring (bicyclic) bond motifs is 1. The fraction of sp³-hybridized carbons (Fsp3) is 0.133. The van der Waals surface area contributed by atoms with Gasteiger partial charge in [-0.2, -0.15) is 0 Å². The van der Waals surface area contributed by atoms with Crippen molar-refractivity contribution >= 4 is 34.2 Å². The first-order valence-corrected chi connectivity index (χ1v) is 7.01. The number of rotatable bonds is 2. The molecule has 3 aromatic rings. The van der Waals surface area contributed by atoms with Gasteiger partial charge in [-0.25, -0.2) is 9.37 Å². The maximum atomic E-state index is 14.2. The smallest absolute Gasteiger partial charge is 0.147 e. The topological polar surface area (TPSA) is 17.8 Å². The average Bonchev–Trinajstić information content (AvgIpc) is 2.81. The second-order valence-electron chi connectivity index (χ2n) is 4.54. The Bertz CT molecular complexity index is 796. The van der Waals surface area contributed by atoms with Crippen LogP contribution in [0.25, 0.3) is 16.7 Å². The summed E-state index contributed by atoms with van der Waals surface area (Å²) in [6.07, 6.45) is 0. The van der Waals surface area contributed by atoms with Crippen molar-refractivity contribution in [3.63, 3.8) is 0 Å². The molecule has 0 spiro atoms. The Balaban J connectivity index is 2.42. The van der Waals surface area contributed by atoms with Crippen molar-refractivity contribution in [2.24, 2.45) is 0 Å². The molecule has 5 heteroatoms. The van der Waals surface area contributed by atoms with E-state index in [1.807, 2.05) is 25.1 Å². The monoisotopic (exact) mass is 308 g/mol. The molecule has 0 aliphatic carbocycles. The minimum absolute atomic E-state index is 0.195. The van der Waals surface area contributed by atoms with Gasteiger partial charge in [0, 0.05) is 5.02 Å². The maximum Gasteiger partial charge on any atom is 0.147 e. The Morgan fingerprint density at radius 3 is 2.80 bits per heavy atom. The SMILES string of the molecule is Cc1cccc2nc(CCl)n(-c3cc(Cl)ccc3F)c12. The van der Waals surface area contributed by atoms with Crippen LogP contribution < -0.4 is 0 Å². The molecule has 0 amide bonds. The van der Waals surface area contributed by atoms with E-state index in [0.717, 1.165) is 16.6 Å². The fourth-order valence-electron chi connectivity index (χ4n) is 2.35. The van der Waals surface area contributed by atoms with Crippen LogP contribution >= 0.6 is 23.2 Å². The van der Waals surface area contributed by atoms with E-state index in [1.54, 1.807) is 10.6 Å². The van der Waals surface area contributed by atoms with Gasteiger partial charge in [0.1, 0.15) is 11.6 Å². The van der Waals surface area contributed by atoms with Gasteiger partial charge in [-0.15, -0.1) is 11.6 Å². The molecule has 0 bridgehead atoms. The number of alkyl halides is 1. The van der Waals surface area contributed by atoms with E-state index in [9.17, 15) is 4.39 Å². The summed E-state index contributed by atoms with van der Waals surface area (Å²) in [5.74, 6) is 0.431. The lowest BCUT2D eigenvalue weighted by molar-refractivity contribution is 0.617. The van der Waals surface area contributed by atoms with E-state index in [-0.39, 0.29) is 11.7 Å². The largest absolute Gasteiger partial charge is 0.292 e. The van der Waals surface area contributed by atoms with Gasteiger partial charge in [0.25, 0.3) is 0 Å². The van der Waals surface area contributed by atoms with E-state index in [4.69, 9.17) is 23.2 Å². The van der Waals surface area contributed by atoms with Gasteiger partial charge < -0.3 is 0 Å². The molecule has 20 heavy (non-hydrogen) atoms. The van der Waals surface area contributed by atoms with Crippen LogP contribution in [0.2, 0.25) is 5.02 Å². The van der Waals surface area contributed by atoms with Crippen LogP contribution in [-0.4, -0.2) is 9.55 Å². The number of hydrogen-bond donors (Lipinski definition) is 0. The summed E-state index contributed by atoms with van der Waals surface area (Å²) in [5.41, 5.74) is 3.01. The fourth-order valence-corrected chi connectivity index (χ4v) is 2.69. The van der Waals surface area contributed by atoms with Crippen LogP contribution in [0.3, 0.4) is 0 Å². The van der Waals surface area contributed by atoms with Crippen molar-refractivity contribution in [2.75, 3.05) is 0 Å². The molecule has 0 atom stereocenters. The minimum Gasteiger partial charge on any atom is -0.292 e. The molecule has 0 fully saturated rings. The van der Waals surface area contributed by atoms with E-state index in [1.165, 1.54) is 12.1 Å². The Kier molecular flexibility index (Phi) is 3.40. The van der Waals surface area contributed by atoms with Crippen LogP contribution in [0.4, 0.5) is 4.39 Å². The molecule has 0 saturated heterocycles. The van der Waals surface area contributed by atoms with Gasteiger partial charge in [0.05, 0.1) is 22.6 Å². The number of aryl methyl sites for hydroxylation is 1. The van der Waals surface area contributed by atoms with Crippen LogP contribution in [0.5, 0.6) is 0 Å². The number of halogens is 3. The van der Waals surface area contributed by atoms with Crippen LogP contribution in [0.15, 0.2) is 36.4 Å². The molecule has 0 N–H and O–H groups in total. The number of benzene rings is 2. The second-order valence-corrected chi connectivity index (χ2v) is 5.24. The zero-order valence-corrected chi connectivity index (χ0v) is 12.2. The first kappa shape index (κ1) is 13.4. The predicted molar refractivity (Wildman–Crippen MR) is 80.3 cm³/mol. The van der Waals surface area contributed by atoms with Crippen molar-refractivity contribution in [3.05, 3.63) is 58.6 Å². The quantitative estimate of drug-likeness (QED) is 0.618. The van der Waals surface area contributed by atoms with Gasteiger partial charge >= 0.3 is 0 Å². The first-order valence-electron chi connectivity index (χ1n) is 6.10. The lowest BCUT2D eigenvalue weighted by atomic mass is 10.2. The van der Waals surface area contributed by atoms with Crippen LogP contribution in [0, 0.1) is 12.7 Å². The van der Waals surface area contributed by atoms with Crippen LogP contribution in [0.1, 0.15) is 11.4 Å². The average molecular weight is 309 g/mol. The Morgan fingerprint density at radius 1 is 1.25 bits per heavy atom. The molecule has 1 aromatic heterocycles. The summed E-state index contributed by atoms with van der Waals surface area (Å²) in [7, 11) is 0. The molecule has 0 unspecified atom stereocenters. The molecular weight excluding hydrogens is 298 g/mol. The van der Waals surface area contributed by atoms with E-state index < -0.39 is 0 Å². The molecular formula is C15H11Cl2FN2. The van der Waals surface area contributed by atoms with E-state index in [2.05, 4.69) is 4.98 Å². The number of hydrogen-bond acceptors (Lipinski definition) is 1. The Morgan fingerprint density at radius 2 is 2.05 bits per heavy atom. The first-order chi connectivity index (χ1) is 9.61. The molecule has 0 aliphatic rings. The normalized spacial score (nSPS) is 11.2. The summed E-state index contributed by atoms with van der Waals surface area (Å²) in [4.78, 5) is 4.46. The number of para-hydroxylation sites is 1. The number of nitrogens with zero attached hydrogens (tertiary/aromatic N) is 2. The third-order valence-electron chi connectivity index (χ3n) is 3.22. The number of imidazole rings is 1. The van der Waals surface area contributed by atoms with Crippen molar-refractivity contribution in [3.8, 4) is 5.69 Å². The number of aromatic nitrogens is 2. The Hall–Kier alpha value is -1.58. The molecule has 2 aromatic carbocycles. The molecule has 0 radical (unpaired) electrons. The van der Waals surface area contributed by atoms with E-state index >= 15 is 0 Å². The highest BCUT2D eigenvalue weighted by molar-refractivity contribution is 6.30. The highest BCUT2D eigenvalue weighted by Gasteiger charge is 2.16. The molecule has 2 nitrogen and oxygen atoms in total. The summed E-state index contributed by atoms with van der Waals surface area (Å²) < 4.78 is 15.9. The van der Waals surface area contributed by atoms with Gasteiger partial charge in [-0.1, -0.05) is 23.7 Å². The van der Waals surface area contributed by atoms with Gasteiger partial charge in [-0.3, -0.25) is 4.57 Å². The van der Waals surface area contributed by atoms with Crippen molar-refractivity contribution in [1.82, 2.24) is 9.55 Å². The zero-order valence-electron chi connectivity index (χ0n) is 10.7. The molecule has 0 aliphatic heterocycles. The molecule has 102 valence electrons. The van der Waals surface area contributed by atoms with Crippen molar-refractivity contribution in [1.29, 1.82) is 0 Å². The Labute approximate surface area is 125 Å².